The van der Waals surface area contributed by atoms with Gasteiger partial charge in [-0.3, -0.25) is 9.78 Å². The fourth-order valence-electron chi connectivity index (χ4n) is 2.17. The largest absolute Gasteiger partial charge is 0.347 e. The minimum Gasteiger partial charge on any atom is -0.347 e. The van der Waals surface area contributed by atoms with Gasteiger partial charge < -0.3 is 15.2 Å². The molecule has 3 rings (SSSR count). The first kappa shape index (κ1) is 15.0. The minimum absolute atomic E-state index is 0.0105. The van der Waals surface area contributed by atoms with Gasteiger partial charge in [0.15, 0.2) is 0 Å². The molecule has 1 aliphatic heterocycles. The highest BCUT2D eigenvalue weighted by Gasteiger charge is 2.17. The van der Waals surface area contributed by atoms with Gasteiger partial charge >= 0.3 is 0 Å². The van der Waals surface area contributed by atoms with Crippen LogP contribution >= 0.6 is 11.8 Å². The lowest BCUT2D eigenvalue weighted by molar-refractivity contribution is -0.121. The summed E-state index contributed by atoms with van der Waals surface area (Å²) in [6, 6.07) is 3.85. The van der Waals surface area contributed by atoms with Crippen molar-refractivity contribution in [2.75, 3.05) is 18.1 Å². The highest BCUT2D eigenvalue weighted by molar-refractivity contribution is 7.99. The Balaban J connectivity index is 1.49. The maximum absolute atomic E-state index is 11.9. The van der Waals surface area contributed by atoms with Crippen molar-refractivity contribution in [3.63, 3.8) is 0 Å². The van der Waals surface area contributed by atoms with Gasteiger partial charge in [0, 0.05) is 48.5 Å². The molecule has 0 aromatic carbocycles. The maximum Gasteiger partial charge on any atom is 0.246 e. The second-order valence-corrected chi connectivity index (χ2v) is 6.10. The summed E-state index contributed by atoms with van der Waals surface area (Å²) in [6.45, 7) is 1.21. The molecule has 2 aromatic rings. The minimum atomic E-state index is -0.0105. The van der Waals surface area contributed by atoms with E-state index in [4.69, 9.17) is 4.52 Å². The summed E-state index contributed by atoms with van der Waals surface area (Å²) in [4.78, 5) is 20.1. The van der Waals surface area contributed by atoms with E-state index in [0.717, 1.165) is 23.6 Å². The number of hydrogen-bond donors (Lipinski definition) is 2. The normalized spacial score (nSPS) is 18.1. The average Bonchev–Trinajstić information content (AvgIpc) is 3.04. The van der Waals surface area contributed by atoms with E-state index < -0.39 is 0 Å². The van der Waals surface area contributed by atoms with Crippen LogP contribution in [-0.2, 0) is 11.3 Å². The number of carbonyl (C=O) groups excluding carboxylic acids is 1. The Labute approximate surface area is 132 Å². The van der Waals surface area contributed by atoms with Crippen LogP contribution < -0.4 is 10.6 Å². The molecule has 0 radical (unpaired) electrons. The second-order valence-electron chi connectivity index (χ2n) is 4.95. The van der Waals surface area contributed by atoms with Gasteiger partial charge in [-0.1, -0.05) is 5.16 Å². The lowest BCUT2D eigenvalue weighted by Crippen LogP contribution is -2.41. The molecule has 1 aliphatic rings. The van der Waals surface area contributed by atoms with Gasteiger partial charge in [-0.2, -0.15) is 16.7 Å². The highest BCUT2D eigenvalue weighted by atomic mass is 32.2. The number of nitrogens with one attached hydrogen (secondary N) is 2. The number of nitrogens with zero attached hydrogens (tertiary/aromatic N) is 3. The van der Waals surface area contributed by atoms with Crippen molar-refractivity contribution in [1.29, 1.82) is 0 Å². The van der Waals surface area contributed by atoms with Gasteiger partial charge in [0.2, 0.25) is 17.6 Å². The van der Waals surface area contributed by atoms with E-state index in [1.807, 2.05) is 11.8 Å². The maximum atomic E-state index is 11.9. The first-order valence-corrected chi connectivity index (χ1v) is 8.27. The standard InChI is InChI=1S/C14H17N5O2S/c20-12(7-11-9-22-6-5-16-11)17-8-13-18-14(19-21-13)10-1-3-15-4-2-10/h1-4,11,16H,5-9H2,(H,17,20). The predicted molar refractivity (Wildman–Crippen MR) is 83.1 cm³/mol. The molecule has 7 nitrogen and oxygen atoms in total. The number of carbonyl (C=O) groups is 1. The Morgan fingerprint density at radius 2 is 2.32 bits per heavy atom. The van der Waals surface area contributed by atoms with Crippen molar-refractivity contribution in [1.82, 2.24) is 25.8 Å². The van der Waals surface area contributed by atoms with Crippen LogP contribution in [0.4, 0.5) is 0 Å². The summed E-state index contributed by atoms with van der Waals surface area (Å²) < 4.78 is 5.14. The van der Waals surface area contributed by atoms with E-state index in [1.165, 1.54) is 0 Å². The van der Waals surface area contributed by atoms with Crippen LogP contribution in [0.1, 0.15) is 12.3 Å². The Bertz CT molecular complexity index is 613. The van der Waals surface area contributed by atoms with Crippen LogP contribution in [0.3, 0.4) is 0 Å². The SMILES string of the molecule is O=C(CC1CSCCN1)NCc1nc(-c2ccncc2)no1. The summed E-state index contributed by atoms with van der Waals surface area (Å²) in [5, 5.41) is 10.0. The first-order valence-electron chi connectivity index (χ1n) is 7.12. The van der Waals surface area contributed by atoms with Crippen molar-refractivity contribution in [3.8, 4) is 11.4 Å². The molecule has 0 saturated carbocycles. The number of rotatable bonds is 5. The van der Waals surface area contributed by atoms with Gasteiger partial charge in [-0.25, -0.2) is 0 Å². The van der Waals surface area contributed by atoms with E-state index in [9.17, 15) is 4.79 Å². The molecule has 0 spiro atoms. The molecule has 3 heterocycles. The van der Waals surface area contributed by atoms with Crippen LogP contribution in [-0.4, -0.2) is 45.1 Å². The van der Waals surface area contributed by atoms with Crippen LogP contribution in [0, 0.1) is 0 Å². The topological polar surface area (TPSA) is 92.9 Å². The molecule has 8 heteroatoms. The zero-order valence-electron chi connectivity index (χ0n) is 12.0. The summed E-state index contributed by atoms with van der Waals surface area (Å²) in [5.41, 5.74) is 0.833. The molecule has 0 bridgehead atoms. The fourth-order valence-corrected chi connectivity index (χ4v) is 3.11. The first-order chi connectivity index (χ1) is 10.8. The van der Waals surface area contributed by atoms with Gasteiger partial charge in [0.25, 0.3) is 0 Å². The second kappa shape index (κ2) is 7.37. The number of hydrogen-bond acceptors (Lipinski definition) is 7. The number of pyridine rings is 1. The molecule has 1 unspecified atom stereocenters. The number of amides is 1. The zero-order valence-corrected chi connectivity index (χ0v) is 12.8. The molecule has 1 amide bonds. The molecule has 22 heavy (non-hydrogen) atoms. The van der Waals surface area contributed by atoms with E-state index >= 15 is 0 Å². The Kier molecular flexibility index (Phi) is 5.02. The van der Waals surface area contributed by atoms with Crippen molar-refractivity contribution in [3.05, 3.63) is 30.4 Å². The monoisotopic (exact) mass is 319 g/mol. The Morgan fingerprint density at radius 3 is 3.09 bits per heavy atom. The van der Waals surface area contributed by atoms with Crippen LogP contribution in [0.2, 0.25) is 0 Å². The van der Waals surface area contributed by atoms with Crippen LogP contribution in [0.5, 0.6) is 0 Å². The van der Waals surface area contributed by atoms with E-state index in [-0.39, 0.29) is 18.5 Å². The fraction of sp³-hybridized carbons (Fsp3) is 0.429. The molecule has 2 aromatic heterocycles. The van der Waals surface area contributed by atoms with Crippen molar-refractivity contribution < 1.29 is 9.32 Å². The highest BCUT2D eigenvalue weighted by Crippen LogP contribution is 2.14. The molecule has 0 aliphatic carbocycles. The molecule has 1 fully saturated rings. The van der Waals surface area contributed by atoms with Crippen molar-refractivity contribution >= 4 is 17.7 Å². The molecule has 2 N–H and O–H groups in total. The average molecular weight is 319 g/mol. The third-order valence-corrected chi connectivity index (χ3v) is 4.40. The number of aromatic nitrogens is 3. The van der Waals surface area contributed by atoms with E-state index in [0.29, 0.717) is 18.1 Å². The molecular formula is C14H17N5O2S. The smallest absolute Gasteiger partial charge is 0.246 e. The summed E-state index contributed by atoms with van der Waals surface area (Å²) in [5.74, 6) is 2.96. The third kappa shape index (κ3) is 4.05. The molecule has 1 saturated heterocycles. The van der Waals surface area contributed by atoms with Gasteiger partial charge in [0.1, 0.15) is 0 Å². The van der Waals surface area contributed by atoms with Gasteiger partial charge in [0.05, 0.1) is 6.54 Å². The molecular weight excluding hydrogens is 302 g/mol. The Morgan fingerprint density at radius 1 is 1.45 bits per heavy atom. The number of thioether (sulfide) groups is 1. The van der Waals surface area contributed by atoms with E-state index in [2.05, 4.69) is 25.8 Å². The van der Waals surface area contributed by atoms with Crippen molar-refractivity contribution in [2.24, 2.45) is 0 Å². The van der Waals surface area contributed by atoms with Crippen LogP contribution in [0.15, 0.2) is 29.0 Å². The lowest BCUT2D eigenvalue weighted by Gasteiger charge is -2.22. The summed E-state index contributed by atoms with van der Waals surface area (Å²) in [7, 11) is 0. The van der Waals surface area contributed by atoms with Gasteiger partial charge in [-0.05, 0) is 12.1 Å². The summed E-state index contributed by atoms with van der Waals surface area (Å²) >= 11 is 1.87. The third-order valence-electron chi connectivity index (χ3n) is 3.27. The van der Waals surface area contributed by atoms with Crippen molar-refractivity contribution in [2.45, 2.75) is 19.0 Å². The molecule has 1 atom stereocenters. The zero-order chi connectivity index (χ0) is 15.2. The van der Waals surface area contributed by atoms with E-state index in [1.54, 1.807) is 24.5 Å². The molecule has 116 valence electrons. The van der Waals surface area contributed by atoms with Crippen LogP contribution in [0.25, 0.3) is 11.4 Å². The Hall–Kier alpha value is -1.93. The quantitative estimate of drug-likeness (QED) is 0.843. The predicted octanol–water partition coefficient (Wildman–Crippen LogP) is 0.843. The summed E-state index contributed by atoms with van der Waals surface area (Å²) in [6.07, 6.45) is 3.81. The lowest BCUT2D eigenvalue weighted by atomic mass is 10.2. The van der Waals surface area contributed by atoms with Gasteiger partial charge in [-0.15, -0.1) is 0 Å².